The molecule has 0 heterocycles. The van der Waals surface area contributed by atoms with Crippen LogP contribution in [0.2, 0.25) is 0 Å². The summed E-state index contributed by atoms with van der Waals surface area (Å²) < 4.78 is 9.68. The van der Waals surface area contributed by atoms with Gasteiger partial charge in [0.1, 0.15) is 17.7 Å². The van der Waals surface area contributed by atoms with E-state index in [-0.39, 0.29) is 11.5 Å². The number of carbonyl (C=O) groups is 3. The fourth-order valence-corrected chi connectivity index (χ4v) is 3.33. The number of nitrogens with two attached hydrogens (primary N) is 1. The topological polar surface area (TPSA) is 128 Å². The van der Waals surface area contributed by atoms with Gasteiger partial charge in [-0.05, 0) is 20.8 Å². The number of esters is 1. The van der Waals surface area contributed by atoms with Gasteiger partial charge in [-0.15, -0.1) is 0 Å². The van der Waals surface area contributed by atoms with E-state index in [4.69, 9.17) is 15.6 Å². The minimum Gasteiger partial charge on any atom is -0.480 e. The van der Waals surface area contributed by atoms with Crippen LogP contribution in [0.4, 0.5) is 4.79 Å². The largest absolute Gasteiger partial charge is 0.480 e. The Bertz CT molecular complexity index is 400. The Morgan fingerprint density at radius 3 is 2.23 bits per heavy atom. The number of methoxy groups -OCH3 is 1. The maximum atomic E-state index is 11.7. The molecule has 22 heavy (non-hydrogen) atoms. The average Bonchev–Trinajstić information content (AvgIpc) is 2.38. The first-order chi connectivity index (χ1) is 10.1. The summed E-state index contributed by atoms with van der Waals surface area (Å²) in [6, 6.07) is -1.87. The zero-order valence-electron chi connectivity index (χ0n) is 13.0. The van der Waals surface area contributed by atoms with Gasteiger partial charge in [-0.1, -0.05) is 21.6 Å². The van der Waals surface area contributed by atoms with Crippen molar-refractivity contribution in [3.63, 3.8) is 0 Å². The summed E-state index contributed by atoms with van der Waals surface area (Å²) in [4.78, 5) is 33.8. The van der Waals surface area contributed by atoms with Crippen molar-refractivity contribution in [1.82, 2.24) is 5.32 Å². The minimum atomic E-state index is -1.09. The van der Waals surface area contributed by atoms with E-state index in [2.05, 4.69) is 10.1 Å². The molecule has 0 bridgehead atoms. The van der Waals surface area contributed by atoms with Crippen LogP contribution >= 0.6 is 21.6 Å². The Hall–Kier alpha value is -1.13. The van der Waals surface area contributed by atoms with E-state index in [1.807, 2.05) is 0 Å². The summed E-state index contributed by atoms with van der Waals surface area (Å²) in [7, 11) is 3.62. The molecule has 0 aromatic heterocycles. The van der Waals surface area contributed by atoms with Gasteiger partial charge in [-0.25, -0.2) is 9.59 Å². The molecule has 128 valence electrons. The molecule has 8 nitrogen and oxygen atoms in total. The van der Waals surface area contributed by atoms with Gasteiger partial charge in [0.2, 0.25) is 0 Å². The second-order valence-corrected chi connectivity index (χ2v) is 7.79. The second-order valence-electron chi connectivity index (χ2n) is 5.24. The van der Waals surface area contributed by atoms with Crippen LogP contribution in [0.1, 0.15) is 20.8 Å². The van der Waals surface area contributed by atoms with Crippen LogP contribution in [0.15, 0.2) is 0 Å². The highest BCUT2D eigenvalue weighted by molar-refractivity contribution is 8.76. The van der Waals surface area contributed by atoms with Gasteiger partial charge in [-0.2, -0.15) is 0 Å². The molecule has 0 saturated heterocycles. The molecule has 0 radical (unpaired) electrons. The van der Waals surface area contributed by atoms with Crippen molar-refractivity contribution in [3.8, 4) is 0 Å². The third-order valence-electron chi connectivity index (χ3n) is 2.06. The highest BCUT2D eigenvalue weighted by atomic mass is 33.1. The lowest BCUT2D eigenvalue weighted by atomic mass is 10.2. The Morgan fingerprint density at radius 2 is 1.77 bits per heavy atom. The third kappa shape index (κ3) is 9.74. The Balaban J connectivity index is 4.33. The van der Waals surface area contributed by atoms with Gasteiger partial charge in [-0.3, -0.25) is 4.79 Å². The van der Waals surface area contributed by atoms with E-state index in [1.54, 1.807) is 20.8 Å². The van der Waals surface area contributed by atoms with Gasteiger partial charge in [0, 0.05) is 11.5 Å². The number of aliphatic carboxylic acids is 1. The molecule has 0 fully saturated rings. The van der Waals surface area contributed by atoms with Crippen LogP contribution in [0.3, 0.4) is 0 Å². The molecular formula is C12H22N2O6S2. The lowest BCUT2D eigenvalue weighted by molar-refractivity contribution is -0.142. The van der Waals surface area contributed by atoms with Crippen molar-refractivity contribution >= 4 is 39.6 Å². The third-order valence-corrected chi connectivity index (χ3v) is 4.51. The number of alkyl carbamates (subject to hydrolysis) is 1. The van der Waals surface area contributed by atoms with E-state index >= 15 is 0 Å². The molecule has 1 amide bonds. The molecule has 0 aliphatic carbocycles. The van der Waals surface area contributed by atoms with E-state index in [9.17, 15) is 14.4 Å². The van der Waals surface area contributed by atoms with Crippen molar-refractivity contribution in [2.75, 3.05) is 18.6 Å². The molecule has 0 rings (SSSR count). The van der Waals surface area contributed by atoms with Crippen molar-refractivity contribution in [3.05, 3.63) is 0 Å². The van der Waals surface area contributed by atoms with E-state index in [0.717, 1.165) is 0 Å². The number of nitrogens with one attached hydrogen (secondary N) is 1. The average molecular weight is 354 g/mol. The molecule has 0 aromatic carbocycles. The standard InChI is InChI=1S/C12H22N2O6S2/c1-12(2,3)20-11(18)14-8(10(17)19-4)6-22-21-5-7(13)9(15)16/h7-8H,5-6,13H2,1-4H3,(H,14,18)(H,15,16)/t7?,8-/m0/s1. The van der Waals surface area contributed by atoms with Crippen molar-refractivity contribution in [2.24, 2.45) is 5.73 Å². The molecule has 0 aromatic rings. The minimum absolute atomic E-state index is 0.181. The fourth-order valence-electron chi connectivity index (χ4n) is 1.07. The number of amides is 1. The van der Waals surface area contributed by atoms with Crippen LogP contribution < -0.4 is 11.1 Å². The Kier molecular flexibility index (Phi) is 9.30. The van der Waals surface area contributed by atoms with Crippen LogP contribution in [0, 0.1) is 0 Å². The number of hydrogen-bond acceptors (Lipinski definition) is 8. The second kappa shape index (κ2) is 9.80. The van der Waals surface area contributed by atoms with E-state index in [1.165, 1.54) is 28.7 Å². The number of carboxylic acid groups (broad SMARTS) is 1. The van der Waals surface area contributed by atoms with Crippen molar-refractivity contribution in [2.45, 2.75) is 38.5 Å². The van der Waals surface area contributed by atoms with Gasteiger partial charge in [0.25, 0.3) is 0 Å². The van der Waals surface area contributed by atoms with Crippen LogP contribution in [-0.2, 0) is 19.1 Å². The summed E-state index contributed by atoms with van der Waals surface area (Å²) in [5.41, 5.74) is 4.67. The first-order valence-electron chi connectivity index (χ1n) is 6.37. The number of ether oxygens (including phenoxy) is 2. The van der Waals surface area contributed by atoms with Gasteiger partial charge in [0.05, 0.1) is 7.11 Å². The normalized spacial score (nSPS) is 13.9. The van der Waals surface area contributed by atoms with Crippen LogP contribution in [-0.4, -0.2) is 59.4 Å². The molecule has 1 unspecified atom stereocenters. The molecule has 0 saturated carbocycles. The number of rotatable bonds is 8. The monoisotopic (exact) mass is 354 g/mol. The highest BCUT2D eigenvalue weighted by Crippen LogP contribution is 2.23. The zero-order valence-corrected chi connectivity index (χ0v) is 14.6. The first-order valence-corrected chi connectivity index (χ1v) is 8.85. The predicted molar refractivity (Wildman–Crippen MR) is 85.7 cm³/mol. The lowest BCUT2D eigenvalue weighted by Gasteiger charge is -2.22. The molecule has 10 heteroatoms. The molecule has 0 aliphatic heterocycles. The molecule has 2 atom stereocenters. The number of carboxylic acids is 1. The summed E-state index contributed by atoms with van der Waals surface area (Å²) in [6.07, 6.45) is -0.726. The van der Waals surface area contributed by atoms with E-state index < -0.39 is 35.7 Å². The van der Waals surface area contributed by atoms with Gasteiger partial charge < -0.3 is 25.6 Å². The SMILES string of the molecule is COC(=O)[C@H](CSSCC(N)C(=O)O)NC(=O)OC(C)(C)C. The Morgan fingerprint density at radius 1 is 1.23 bits per heavy atom. The maximum absolute atomic E-state index is 11.7. The maximum Gasteiger partial charge on any atom is 0.408 e. The molecule has 0 aliphatic rings. The Labute approximate surface area is 137 Å². The zero-order chi connectivity index (χ0) is 17.3. The lowest BCUT2D eigenvalue weighted by Crippen LogP contribution is -2.45. The summed E-state index contributed by atoms with van der Waals surface area (Å²) >= 11 is 0. The summed E-state index contributed by atoms with van der Waals surface area (Å²) in [6.45, 7) is 5.12. The molecule has 0 spiro atoms. The van der Waals surface area contributed by atoms with Crippen LogP contribution in [0.5, 0.6) is 0 Å². The van der Waals surface area contributed by atoms with Crippen LogP contribution in [0.25, 0.3) is 0 Å². The summed E-state index contributed by atoms with van der Waals surface area (Å²) in [5, 5.41) is 11.1. The van der Waals surface area contributed by atoms with Gasteiger partial charge >= 0.3 is 18.0 Å². The van der Waals surface area contributed by atoms with Gasteiger partial charge in [0.15, 0.2) is 0 Å². The fraction of sp³-hybridized carbons (Fsp3) is 0.750. The van der Waals surface area contributed by atoms with E-state index in [0.29, 0.717) is 0 Å². The number of carbonyl (C=O) groups excluding carboxylic acids is 2. The van der Waals surface area contributed by atoms with Crippen molar-refractivity contribution in [1.29, 1.82) is 0 Å². The molecule has 4 N–H and O–H groups in total. The quantitative estimate of drug-likeness (QED) is 0.330. The van der Waals surface area contributed by atoms with Crippen molar-refractivity contribution < 1.29 is 29.0 Å². The predicted octanol–water partition coefficient (Wildman–Crippen LogP) is 0.846. The first kappa shape index (κ1) is 20.9. The number of hydrogen-bond donors (Lipinski definition) is 3. The molecular weight excluding hydrogens is 332 g/mol. The smallest absolute Gasteiger partial charge is 0.408 e. The highest BCUT2D eigenvalue weighted by Gasteiger charge is 2.25. The summed E-state index contributed by atoms with van der Waals surface area (Å²) in [5.74, 6) is -1.32.